The van der Waals surface area contributed by atoms with Crippen molar-refractivity contribution in [2.24, 2.45) is 0 Å². The number of rotatable bonds is 5. The summed E-state index contributed by atoms with van der Waals surface area (Å²) in [6, 6.07) is 5.82. The number of esters is 1. The van der Waals surface area contributed by atoms with E-state index in [1.54, 1.807) is 19.1 Å². The number of hydrogen-bond donors (Lipinski definition) is 0. The first kappa shape index (κ1) is 15.7. The molecule has 6 heteroatoms. The van der Waals surface area contributed by atoms with E-state index in [0.29, 0.717) is 15.9 Å². The highest BCUT2D eigenvalue weighted by Gasteiger charge is 2.23. The van der Waals surface area contributed by atoms with Gasteiger partial charge < -0.3 is 4.74 Å². The van der Waals surface area contributed by atoms with E-state index in [1.165, 1.54) is 16.8 Å². The largest absolute Gasteiger partial charge is 0.461 e. The van der Waals surface area contributed by atoms with Gasteiger partial charge in [-0.2, -0.15) is 5.10 Å². The average Bonchev–Trinajstić information content (AvgIpc) is 2.78. The van der Waals surface area contributed by atoms with E-state index >= 15 is 0 Å². The highest BCUT2D eigenvalue weighted by atomic mass is 79.9. The second kappa shape index (κ2) is 6.85. The van der Waals surface area contributed by atoms with Gasteiger partial charge in [-0.05, 0) is 53.5 Å². The monoisotopic (exact) mass is 354 g/mol. The number of benzene rings is 1. The molecule has 0 saturated heterocycles. The summed E-state index contributed by atoms with van der Waals surface area (Å²) in [6.45, 7) is 4.06. The molecule has 0 atom stereocenters. The van der Waals surface area contributed by atoms with Crippen molar-refractivity contribution in [2.75, 3.05) is 6.61 Å². The molecule has 0 aliphatic heterocycles. The summed E-state index contributed by atoms with van der Waals surface area (Å²) in [4.78, 5) is 12.2. The van der Waals surface area contributed by atoms with Crippen molar-refractivity contribution in [3.8, 4) is 5.69 Å². The summed E-state index contributed by atoms with van der Waals surface area (Å²) in [5.41, 5.74) is 1.72. The lowest BCUT2D eigenvalue weighted by atomic mass is 10.2. The Morgan fingerprint density at radius 2 is 2.00 bits per heavy atom. The molecule has 1 heterocycles. The zero-order valence-corrected chi connectivity index (χ0v) is 13.5. The van der Waals surface area contributed by atoms with E-state index in [9.17, 15) is 9.18 Å². The quantitative estimate of drug-likeness (QED) is 0.764. The van der Waals surface area contributed by atoms with E-state index in [0.717, 1.165) is 18.5 Å². The van der Waals surface area contributed by atoms with Gasteiger partial charge in [0, 0.05) is 0 Å². The van der Waals surface area contributed by atoms with E-state index < -0.39 is 5.97 Å². The maximum absolute atomic E-state index is 13.1. The molecule has 112 valence electrons. The molecule has 1 aromatic heterocycles. The van der Waals surface area contributed by atoms with Crippen LogP contribution in [-0.2, 0) is 11.2 Å². The van der Waals surface area contributed by atoms with Gasteiger partial charge in [0.05, 0.1) is 22.5 Å². The third-order valence-corrected chi connectivity index (χ3v) is 3.75. The molecule has 2 rings (SSSR count). The highest BCUT2D eigenvalue weighted by Crippen LogP contribution is 2.26. The smallest absolute Gasteiger partial charge is 0.358 e. The van der Waals surface area contributed by atoms with Crippen LogP contribution in [0.5, 0.6) is 0 Å². The van der Waals surface area contributed by atoms with Crippen molar-refractivity contribution < 1.29 is 13.9 Å². The molecule has 0 unspecified atom stereocenters. The third-order valence-electron chi connectivity index (χ3n) is 2.92. The molecule has 2 aromatic rings. The molecule has 0 saturated carbocycles. The maximum atomic E-state index is 13.1. The molecule has 0 spiro atoms. The number of halogens is 2. The van der Waals surface area contributed by atoms with Crippen LogP contribution in [0, 0.1) is 5.82 Å². The number of ether oxygens (including phenoxy) is 1. The van der Waals surface area contributed by atoms with Gasteiger partial charge in [-0.3, -0.25) is 0 Å². The molecule has 0 aliphatic carbocycles. The van der Waals surface area contributed by atoms with Crippen LogP contribution in [0.25, 0.3) is 5.69 Å². The number of nitrogens with zero attached hydrogens (tertiary/aromatic N) is 2. The minimum atomic E-state index is -0.455. The molecule has 0 radical (unpaired) electrons. The van der Waals surface area contributed by atoms with Crippen LogP contribution in [0.4, 0.5) is 4.39 Å². The molecular formula is C15H16BrFN2O2. The summed E-state index contributed by atoms with van der Waals surface area (Å²) >= 11 is 3.43. The summed E-state index contributed by atoms with van der Waals surface area (Å²) < 4.78 is 20.3. The Morgan fingerprint density at radius 1 is 1.33 bits per heavy atom. The van der Waals surface area contributed by atoms with Crippen LogP contribution in [0.15, 0.2) is 28.7 Å². The summed E-state index contributed by atoms with van der Waals surface area (Å²) in [5, 5.41) is 4.45. The molecule has 21 heavy (non-hydrogen) atoms. The Bertz CT molecular complexity index is 638. The van der Waals surface area contributed by atoms with E-state index in [2.05, 4.69) is 21.0 Å². The topological polar surface area (TPSA) is 44.1 Å². The lowest BCUT2D eigenvalue weighted by molar-refractivity contribution is 0.0514. The van der Waals surface area contributed by atoms with Crippen molar-refractivity contribution in [1.82, 2.24) is 9.78 Å². The number of carbonyl (C=O) groups is 1. The fraction of sp³-hybridized carbons (Fsp3) is 0.333. The zero-order chi connectivity index (χ0) is 15.4. The molecule has 0 bridgehead atoms. The van der Waals surface area contributed by atoms with Gasteiger partial charge in [-0.1, -0.05) is 13.3 Å². The summed E-state index contributed by atoms with van der Waals surface area (Å²) in [6.07, 6.45) is 1.64. The van der Waals surface area contributed by atoms with E-state index in [1.807, 2.05) is 6.92 Å². The zero-order valence-electron chi connectivity index (χ0n) is 11.9. The van der Waals surface area contributed by atoms with Crippen molar-refractivity contribution in [3.05, 3.63) is 45.9 Å². The predicted octanol–water partition coefficient (Wildman–Crippen LogP) is 3.90. The number of aromatic nitrogens is 2. The fourth-order valence-electron chi connectivity index (χ4n) is 1.99. The second-order valence-electron chi connectivity index (χ2n) is 4.47. The van der Waals surface area contributed by atoms with Crippen LogP contribution in [0.1, 0.15) is 36.5 Å². The van der Waals surface area contributed by atoms with Gasteiger partial charge in [-0.15, -0.1) is 0 Å². The minimum Gasteiger partial charge on any atom is -0.461 e. The van der Waals surface area contributed by atoms with Crippen molar-refractivity contribution in [2.45, 2.75) is 26.7 Å². The van der Waals surface area contributed by atoms with Gasteiger partial charge in [0.1, 0.15) is 5.82 Å². The van der Waals surface area contributed by atoms with Gasteiger partial charge in [-0.25, -0.2) is 13.9 Å². The minimum absolute atomic E-state index is 0.281. The van der Waals surface area contributed by atoms with Gasteiger partial charge >= 0.3 is 5.97 Å². The second-order valence-corrected chi connectivity index (χ2v) is 5.26. The Hall–Kier alpha value is -1.69. The first-order valence-corrected chi connectivity index (χ1v) is 7.58. The molecule has 4 nitrogen and oxygen atoms in total. The number of hydrogen-bond acceptors (Lipinski definition) is 3. The summed E-state index contributed by atoms with van der Waals surface area (Å²) in [7, 11) is 0. The van der Waals surface area contributed by atoms with Crippen LogP contribution in [-0.4, -0.2) is 22.4 Å². The lowest BCUT2D eigenvalue weighted by Crippen LogP contribution is -2.12. The summed E-state index contributed by atoms with van der Waals surface area (Å²) in [5.74, 6) is -0.792. The molecule has 0 N–H and O–H groups in total. The Morgan fingerprint density at radius 3 is 2.57 bits per heavy atom. The Kier molecular flexibility index (Phi) is 5.12. The molecule has 0 amide bonds. The van der Waals surface area contributed by atoms with Crippen LogP contribution < -0.4 is 0 Å². The Balaban J connectivity index is 2.54. The third kappa shape index (κ3) is 3.32. The molecular weight excluding hydrogens is 339 g/mol. The standard InChI is InChI=1S/C15H16BrFN2O2/c1-3-5-12-13(16)14(15(20)21-4-2)19(18-12)11-8-6-10(17)7-9-11/h6-9H,3-5H2,1-2H3. The Labute approximate surface area is 131 Å². The molecule has 0 aliphatic rings. The van der Waals surface area contributed by atoms with Crippen molar-refractivity contribution in [1.29, 1.82) is 0 Å². The van der Waals surface area contributed by atoms with Gasteiger partial charge in [0.2, 0.25) is 0 Å². The number of carbonyl (C=O) groups excluding carboxylic acids is 1. The molecule has 0 fully saturated rings. The van der Waals surface area contributed by atoms with Crippen LogP contribution in [0.3, 0.4) is 0 Å². The number of aryl methyl sites for hydroxylation is 1. The van der Waals surface area contributed by atoms with E-state index in [4.69, 9.17) is 4.74 Å². The van der Waals surface area contributed by atoms with Gasteiger partial charge in [0.25, 0.3) is 0 Å². The molecule has 1 aromatic carbocycles. The lowest BCUT2D eigenvalue weighted by Gasteiger charge is -2.07. The maximum Gasteiger partial charge on any atom is 0.358 e. The normalized spacial score (nSPS) is 10.7. The SMILES string of the molecule is CCCc1nn(-c2ccc(F)cc2)c(C(=O)OCC)c1Br. The first-order valence-electron chi connectivity index (χ1n) is 6.78. The van der Waals surface area contributed by atoms with Crippen LogP contribution >= 0.6 is 15.9 Å². The predicted molar refractivity (Wildman–Crippen MR) is 81.2 cm³/mol. The van der Waals surface area contributed by atoms with Crippen molar-refractivity contribution >= 4 is 21.9 Å². The van der Waals surface area contributed by atoms with Gasteiger partial charge in [0.15, 0.2) is 5.69 Å². The fourth-order valence-corrected chi connectivity index (χ4v) is 2.59. The average molecular weight is 355 g/mol. The first-order chi connectivity index (χ1) is 10.1. The van der Waals surface area contributed by atoms with E-state index in [-0.39, 0.29) is 12.4 Å². The van der Waals surface area contributed by atoms with Crippen molar-refractivity contribution in [3.63, 3.8) is 0 Å². The van der Waals surface area contributed by atoms with Crippen LogP contribution in [0.2, 0.25) is 0 Å². The highest BCUT2D eigenvalue weighted by molar-refractivity contribution is 9.10.